The fraction of sp³-hybridized carbons (Fsp3) is 0.706. The van der Waals surface area contributed by atoms with Crippen LogP contribution < -0.4 is 16.0 Å². The van der Waals surface area contributed by atoms with Crippen LogP contribution in [0.2, 0.25) is 5.15 Å². The largest absolute Gasteiger partial charge is 0.368 e. The van der Waals surface area contributed by atoms with Crippen LogP contribution >= 0.6 is 11.6 Å². The maximum atomic E-state index is 11.6. The molecule has 7 heteroatoms. The van der Waals surface area contributed by atoms with Crippen molar-refractivity contribution in [2.24, 2.45) is 5.92 Å². The Bertz CT molecular complexity index is 645. The molecule has 1 aromatic rings. The lowest BCUT2D eigenvalue weighted by Crippen LogP contribution is -2.59. The summed E-state index contributed by atoms with van der Waals surface area (Å²) in [5, 5.41) is 4.05. The minimum Gasteiger partial charge on any atom is -0.368 e. The summed E-state index contributed by atoms with van der Waals surface area (Å²) < 4.78 is 0. The van der Waals surface area contributed by atoms with Gasteiger partial charge < -0.3 is 20.7 Å². The monoisotopic (exact) mass is 351 g/mol. The summed E-state index contributed by atoms with van der Waals surface area (Å²) in [6, 6.07) is -0.241. The van der Waals surface area contributed by atoms with Crippen LogP contribution in [0, 0.1) is 5.92 Å². The summed E-state index contributed by atoms with van der Waals surface area (Å²) in [7, 11) is 0. The Morgan fingerprint density at radius 3 is 2.50 bits per heavy atom. The van der Waals surface area contributed by atoms with E-state index in [0.717, 1.165) is 37.1 Å². The average molecular weight is 352 g/mol. The first-order chi connectivity index (χ1) is 11.1. The second-order valence-electron chi connectivity index (χ2n) is 8.40. The molecular formula is C17H26ClN5O. The topological polar surface area (TPSA) is 84.1 Å². The zero-order valence-corrected chi connectivity index (χ0v) is 15.5. The Morgan fingerprint density at radius 1 is 1.29 bits per heavy atom. The van der Waals surface area contributed by atoms with Crippen molar-refractivity contribution < 1.29 is 4.79 Å². The SMILES string of the molecule is CC1(C)CC(CN2c3nc(N)nc(Cl)c3CC2C=O)CC(C)(C)N1. The van der Waals surface area contributed by atoms with Gasteiger partial charge in [-0.3, -0.25) is 0 Å². The van der Waals surface area contributed by atoms with Gasteiger partial charge in [-0.25, -0.2) is 4.98 Å². The summed E-state index contributed by atoms with van der Waals surface area (Å²) in [6.45, 7) is 9.69. The molecule has 1 atom stereocenters. The predicted molar refractivity (Wildman–Crippen MR) is 96.4 cm³/mol. The molecule has 0 aliphatic carbocycles. The normalized spacial score (nSPS) is 25.5. The van der Waals surface area contributed by atoms with E-state index in [0.29, 0.717) is 17.5 Å². The van der Waals surface area contributed by atoms with Crippen molar-refractivity contribution in [1.82, 2.24) is 15.3 Å². The molecule has 3 N–H and O–H groups in total. The molecule has 2 aliphatic rings. The Kier molecular flexibility index (Phi) is 4.24. The summed E-state index contributed by atoms with van der Waals surface area (Å²) in [6.07, 6.45) is 3.62. The summed E-state index contributed by atoms with van der Waals surface area (Å²) in [4.78, 5) is 22.1. The minimum absolute atomic E-state index is 0.0635. The highest BCUT2D eigenvalue weighted by Gasteiger charge is 2.41. The Labute approximate surface area is 148 Å². The summed E-state index contributed by atoms with van der Waals surface area (Å²) in [5.74, 6) is 1.33. The molecule has 1 unspecified atom stereocenters. The Morgan fingerprint density at radius 2 is 1.92 bits per heavy atom. The quantitative estimate of drug-likeness (QED) is 0.641. The fourth-order valence-electron chi connectivity index (χ4n) is 4.64. The standard InChI is InChI=1S/C17H26ClN5O/c1-16(2)6-10(7-17(3,4)22-16)8-23-11(9-24)5-12-13(18)20-15(19)21-14(12)23/h9-11,22H,5-8H2,1-4H3,(H2,19,20,21). The van der Waals surface area contributed by atoms with Gasteiger partial charge in [0.1, 0.15) is 17.3 Å². The van der Waals surface area contributed by atoms with Crippen LogP contribution in [0.25, 0.3) is 0 Å². The lowest BCUT2D eigenvalue weighted by atomic mass is 9.75. The highest BCUT2D eigenvalue weighted by Crippen LogP contribution is 2.38. The molecule has 2 aliphatic heterocycles. The molecule has 0 radical (unpaired) electrons. The van der Waals surface area contributed by atoms with Gasteiger partial charge in [0.05, 0.1) is 6.04 Å². The van der Waals surface area contributed by atoms with E-state index in [1.165, 1.54) is 0 Å². The second kappa shape index (κ2) is 5.85. The second-order valence-corrected chi connectivity index (χ2v) is 8.76. The Hall–Kier alpha value is -1.40. The molecule has 0 aromatic carbocycles. The number of nitrogen functional groups attached to an aromatic ring is 1. The van der Waals surface area contributed by atoms with Gasteiger partial charge in [0.15, 0.2) is 0 Å². The van der Waals surface area contributed by atoms with E-state index in [1.54, 1.807) is 0 Å². The number of fused-ring (bicyclic) bond motifs is 1. The van der Waals surface area contributed by atoms with E-state index >= 15 is 0 Å². The molecule has 3 rings (SSSR count). The van der Waals surface area contributed by atoms with Crippen molar-refractivity contribution >= 4 is 29.7 Å². The maximum absolute atomic E-state index is 11.6. The summed E-state index contributed by atoms with van der Waals surface area (Å²) in [5.41, 5.74) is 6.72. The third-order valence-electron chi connectivity index (χ3n) is 4.92. The third-order valence-corrected chi connectivity index (χ3v) is 5.24. The number of hydrogen-bond acceptors (Lipinski definition) is 6. The molecule has 3 heterocycles. The summed E-state index contributed by atoms with van der Waals surface area (Å²) >= 11 is 6.21. The van der Waals surface area contributed by atoms with Gasteiger partial charge in [-0.1, -0.05) is 11.6 Å². The third kappa shape index (κ3) is 3.35. The van der Waals surface area contributed by atoms with Crippen molar-refractivity contribution in [3.63, 3.8) is 0 Å². The number of aldehydes is 1. The number of anilines is 2. The van der Waals surface area contributed by atoms with E-state index in [-0.39, 0.29) is 23.1 Å². The van der Waals surface area contributed by atoms with Gasteiger partial charge in [0, 0.05) is 29.6 Å². The van der Waals surface area contributed by atoms with Crippen LogP contribution in [0.4, 0.5) is 11.8 Å². The van der Waals surface area contributed by atoms with Crippen LogP contribution in [0.1, 0.15) is 46.1 Å². The zero-order chi connectivity index (χ0) is 17.7. The van der Waals surface area contributed by atoms with Crippen LogP contribution in [0.5, 0.6) is 0 Å². The fourth-order valence-corrected chi connectivity index (χ4v) is 4.88. The predicted octanol–water partition coefficient (Wildman–Crippen LogP) is 2.20. The molecule has 132 valence electrons. The van der Waals surface area contributed by atoms with E-state index in [1.807, 2.05) is 0 Å². The van der Waals surface area contributed by atoms with Crippen LogP contribution in [0.15, 0.2) is 0 Å². The highest BCUT2D eigenvalue weighted by molar-refractivity contribution is 6.30. The molecule has 1 aromatic heterocycles. The Balaban J connectivity index is 1.88. The van der Waals surface area contributed by atoms with Gasteiger partial charge in [-0.2, -0.15) is 4.98 Å². The molecular weight excluding hydrogens is 326 g/mol. The number of piperidine rings is 1. The number of rotatable bonds is 3. The van der Waals surface area contributed by atoms with Gasteiger partial charge in [0.25, 0.3) is 0 Å². The maximum Gasteiger partial charge on any atom is 0.223 e. The average Bonchev–Trinajstić information content (AvgIpc) is 2.73. The molecule has 0 spiro atoms. The van der Waals surface area contributed by atoms with Crippen molar-refractivity contribution in [3.8, 4) is 0 Å². The molecule has 6 nitrogen and oxygen atoms in total. The molecule has 0 saturated carbocycles. The number of nitrogens with zero attached hydrogens (tertiary/aromatic N) is 3. The number of aromatic nitrogens is 2. The minimum atomic E-state index is -0.241. The van der Waals surface area contributed by atoms with Crippen molar-refractivity contribution in [3.05, 3.63) is 10.7 Å². The number of nitrogens with two attached hydrogens (primary N) is 1. The van der Waals surface area contributed by atoms with Gasteiger partial charge >= 0.3 is 0 Å². The molecule has 0 bridgehead atoms. The van der Waals surface area contributed by atoms with Crippen molar-refractivity contribution in [2.75, 3.05) is 17.2 Å². The van der Waals surface area contributed by atoms with Crippen LogP contribution in [-0.4, -0.2) is 39.9 Å². The number of halogens is 1. The first-order valence-electron chi connectivity index (χ1n) is 8.43. The van der Waals surface area contributed by atoms with Gasteiger partial charge in [0.2, 0.25) is 5.95 Å². The molecule has 24 heavy (non-hydrogen) atoms. The van der Waals surface area contributed by atoms with E-state index in [9.17, 15) is 4.79 Å². The first-order valence-corrected chi connectivity index (χ1v) is 8.81. The highest BCUT2D eigenvalue weighted by atomic mass is 35.5. The lowest BCUT2D eigenvalue weighted by Gasteiger charge is -2.47. The number of nitrogens with one attached hydrogen (secondary N) is 1. The van der Waals surface area contributed by atoms with Crippen molar-refractivity contribution in [1.29, 1.82) is 0 Å². The van der Waals surface area contributed by atoms with E-state index in [2.05, 4.69) is 47.9 Å². The molecule has 0 amide bonds. The van der Waals surface area contributed by atoms with Gasteiger partial charge in [-0.05, 0) is 46.5 Å². The van der Waals surface area contributed by atoms with Crippen LogP contribution in [-0.2, 0) is 11.2 Å². The zero-order valence-electron chi connectivity index (χ0n) is 14.8. The number of carbonyl (C=O) groups is 1. The molecule has 1 fully saturated rings. The number of carbonyl (C=O) groups excluding carboxylic acids is 1. The first kappa shape index (κ1) is 17.4. The lowest BCUT2D eigenvalue weighted by molar-refractivity contribution is -0.108. The number of hydrogen-bond donors (Lipinski definition) is 2. The van der Waals surface area contributed by atoms with E-state index in [4.69, 9.17) is 17.3 Å². The van der Waals surface area contributed by atoms with Crippen molar-refractivity contribution in [2.45, 2.75) is 64.1 Å². The van der Waals surface area contributed by atoms with Crippen LogP contribution in [0.3, 0.4) is 0 Å². The van der Waals surface area contributed by atoms with Gasteiger partial charge in [-0.15, -0.1) is 0 Å². The molecule has 1 saturated heterocycles. The smallest absolute Gasteiger partial charge is 0.223 e. The van der Waals surface area contributed by atoms with E-state index < -0.39 is 0 Å².